The number of hydrogen-bond acceptors (Lipinski definition) is 5. The first kappa shape index (κ1) is 19.8. The Hall–Kier alpha value is -2.54. The van der Waals surface area contributed by atoms with E-state index in [4.69, 9.17) is 31.4 Å². The summed E-state index contributed by atoms with van der Waals surface area (Å²) in [5, 5.41) is 13.5. The predicted molar refractivity (Wildman–Crippen MR) is 115 cm³/mol. The Balaban J connectivity index is 1.54. The molecule has 0 atom stereocenters. The molecule has 3 heterocycles. The minimum absolute atomic E-state index is 0.157. The average Bonchev–Trinajstić information content (AvgIpc) is 3.18. The van der Waals surface area contributed by atoms with Gasteiger partial charge in [0.1, 0.15) is 0 Å². The standard InChI is InChI=1S/C18H16B4N6O/c1-27-9-13(8-23-27)11-2-3-14-12(6-11)7-15(26-25-14)24-16(29)10-28-17(19,20)4-5-18(28,21)22/h2-3,6-9H,4-5,10H2,1H3,(H,24,26,29). The highest BCUT2D eigenvalue weighted by Crippen LogP contribution is 2.33. The number of aromatic nitrogens is 4. The summed E-state index contributed by atoms with van der Waals surface area (Å²) in [4.78, 5) is 13.9. The Labute approximate surface area is 174 Å². The van der Waals surface area contributed by atoms with Crippen LogP contribution in [0.5, 0.6) is 0 Å². The fourth-order valence-electron chi connectivity index (χ4n) is 3.53. The van der Waals surface area contributed by atoms with Gasteiger partial charge in [-0.3, -0.25) is 9.48 Å². The number of amides is 1. The van der Waals surface area contributed by atoms with Crippen molar-refractivity contribution < 1.29 is 4.79 Å². The normalized spacial score (nSPS) is 18.1. The second-order valence-electron chi connectivity index (χ2n) is 7.52. The summed E-state index contributed by atoms with van der Waals surface area (Å²) in [6.07, 6.45) is 4.49. The molecule has 1 N–H and O–H groups in total. The highest BCUT2D eigenvalue weighted by molar-refractivity contribution is 6.45. The van der Waals surface area contributed by atoms with Crippen LogP contribution in [0.4, 0.5) is 5.82 Å². The number of carbonyl (C=O) groups excluding carboxylic acids is 1. The van der Waals surface area contributed by atoms with Gasteiger partial charge in [0.15, 0.2) is 5.82 Å². The number of benzene rings is 1. The summed E-state index contributed by atoms with van der Waals surface area (Å²) in [5.74, 6) is -0.0752. The minimum atomic E-state index is -1.24. The second kappa shape index (κ2) is 7.06. The number of fused-ring (bicyclic) bond motifs is 1. The molecule has 136 valence electrons. The van der Waals surface area contributed by atoms with Crippen molar-refractivity contribution in [1.29, 1.82) is 0 Å². The van der Waals surface area contributed by atoms with Crippen LogP contribution in [0.15, 0.2) is 36.7 Å². The lowest BCUT2D eigenvalue weighted by Crippen LogP contribution is -2.58. The zero-order valence-corrected chi connectivity index (χ0v) is 16.0. The van der Waals surface area contributed by atoms with Gasteiger partial charge in [0, 0.05) is 24.2 Å². The zero-order valence-electron chi connectivity index (χ0n) is 16.0. The average molecular weight is 376 g/mol. The molecule has 0 unspecified atom stereocenters. The molecule has 4 rings (SSSR count). The second-order valence-corrected chi connectivity index (χ2v) is 7.52. The first-order chi connectivity index (χ1) is 13.6. The zero-order chi connectivity index (χ0) is 20.8. The maximum absolute atomic E-state index is 12.5. The number of nitrogens with one attached hydrogen (secondary N) is 1. The van der Waals surface area contributed by atoms with Crippen LogP contribution in [-0.4, -0.2) is 79.4 Å². The van der Waals surface area contributed by atoms with Crippen LogP contribution in [0.3, 0.4) is 0 Å². The number of carbonyl (C=O) groups is 1. The lowest BCUT2D eigenvalue weighted by molar-refractivity contribution is -0.117. The maximum Gasteiger partial charge on any atom is 0.239 e. The van der Waals surface area contributed by atoms with E-state index in [1.54, 1.807) is 16.9 Å². The van der Waals surface area contributed by atoms with Crippen LogP contribution in [0.25, 0.3) is 22.0 Å². The SMILES string of the molecule is [B]C1([B])CCC([B])([B])N1CC(=O)Nc1cc2cc(-c3cnn(C)c3)ccc2nn1. The third-order valence-corrected chi connectivity index (χ3v) is 5.12. The monoisotopic (exact) mass is 376 g/mol. The third-order valence-electron chi connectivity index (χ3n) is 5.12. The molecule has 0 aliphatic carbocycles. The summed E-state index contributed by atoms with van der Waals surface area (Å²) >= 11 is 0. The minimum Gasteiger partial charge on any atom is -0.317 e. The molecule has 7 nitrogen and oxygen atoms in total. The number of anilines is 1. The molecule has 1 saturated heterocycles. The van der Waals surface area contributed by atoms with Gasteiger partial charge < -0.3 is 10.2 Å². The van der Waals surface area contributed by atoms with Crippen molar-refractivity contribution in [1.82, 2.24) is 24.9 Å². The van der Waals surface area contributed by atoms with Crippen LogP contribution in [0.2, 0.25) is 0 Å². The number of rotatable bonds is 4. The quantitative estimate of drug-likeness (QED) is 0.652. The van der Waals surface area contributed by atoms with Crippen LogP contribution in [0.1, 0.15) is 12.8 Å². The van der Waals surface area contributed by atoms with Crippen molar-refractivity contribution in [2.45, 2.75) is 23.5 Å². The molecule has 0 bridgehead atoms. The lowest BCUT2D eigenvalue weighted by atomic mass is 9.58. The van der Waals surface area contributed by atoms with E-state index < -0.39 is 10.7 Å². The third kappa shape index (κ3) is 3.96. The molecule has 1 aliphatic heterocycles. The molecule has 1 aromatic carbocycles. The molecule has 1 aliphatic rings. The van der Waals surface area contributed by atoms with E-state index in [-0.39, 0.29) is 12.5 Å². The lowest BCUT2D eigenvalue weighted by Gasteiger charge is -2.41. The van der Waals surface area contributed by atoms with Gasteiger partial charge in [0.25, 0.3) is 0 Å². The van der Waals surface area contributed by atoms with Crippen LogP contribution in [-0.2, 0) is 11.8 Å². The van der Waals surface area contributed by atoms with Crippen LogP contribution >= 0.6 is 0 Å². The maximum atomic E-state index is 12.5. The first-order valence-corrected chi connectivity index (χ1v) is 9.14. The van der Waals surface area contributed by atoms with Crippen molar-refractivity contribution in [2.75, 3.05) is 11.9 Å². The highest BCUT2D eigenvalue weighted by Gasteiger charge is 2.43. The van der Waals surface area contributed by atoms with E-state index in [0.29, 0.717) is 24.2 Å². The van der Waals surface area contributed by atoms with Gasteiger partial charge in [0.2, 0.25) is 5.91 Å². The number of nitrogens with zero attached hydrogens (tertiary/aromatic N) is 5. The van der Waals surface area contributed by atoms with Gasteiger partial charge in [-0.05, 0) is 23.8 Å². The topological polar surface area (TPSA) is 75.9 Å². The molecule has 0 spiro atoms. The van der Waals surface area contributed by atoms with Gasteiger partial charge in [-0.15, -0.1) is 10.2 Å². The largest absolute Gasteiger partial charge is 0.317 e. The van der Waals surface area contributed by atoms with Crippen LogP contribution in [0, 0.1) is 0 Å². The summed E-state index contributed by atoms with van der Waals surface area (Å²) in [5.41, 5.74) is 2.68. The van der Waals surface area contributed by atoms with Crippen molar-refractivity contribution in [3.63, 3.8) is 0 Å². The van der Waals surface area contributed by atoms with Gasteiger partial charge in [0.05, 0.1) is 49.6 Å². The molecule has 1 amide bonds. The smallest absolute Gasteiger partial charge is 0.239 e. The summed E-state index contributed by atoms with van der Waals surface area (Å²) in [6, 6.07) is 7.53. The summed E-state index contributed by atoms with van der Waals surface area (Å²) < 4.78 is 1.73. The van der Waals surface area contributed by atoms with E-state index in [1.807, 2.05) is 31.4 Å². The van der Waals surface area contributed by atoms with Gasteiger partial charge >= 0.3 is 0 Å². The van der Waals surface area contributed by atoms with Gasteiger partial charge in [-0.1, -0.05) is 29.6 Å². The number of aryl methyl sites for hydroxylation is 1. The van der Waals surface area contributed by atoms with Crippen molar-refractivity contribution in [3.05, 3.63) is 36.7 Å². The highest BCUT2D eigenvalue weighted by atomic mass is 16.2. The summed E-state index contributed by atoms with van der Waals surface area (Å²) in [7, 11) is 25.9. The van der Waals surface area contributed by atoms with Crippen molar-refractivity contribution in [3.8, 4) is 11.1 Å². The number of hydrogen-bond donors (Lipinski definition) is 1. The Morgan fingerprint density at radius 1 is 1.10 bits per heavy atom. The molecule has 0 saturated carbocycles. The Kier molecular flexibility index (Phi) is 4.81. The molecule has 1 fully saturated rings. The van der Waals surface area contributed by atoms with Crippen molar-refractivity contribution >= 4 is 54.0 Å². The Morgan fingerprint density at radius 3 is 2.48 bits per heavy atom. The van der Waals surface area contributed by atoms with Gasteiger partial charge in [-0.25, -0.2) is 0 Å². The molecular weight excluding hydrogens is 359 g/mol. The van der Waals surface area contributed by atoms with E-state index in [1.165, 1.54) is 4.90 Å². The van der Waals surface area contributed by atoms with E-state index in [2.05, 4.69) is 20.6 Å². The fraction of sp³-hybridized carbons (Fsp3) is 0.333. The van der Waals surface area contributed by atoms with Crippen molar-refractivity contribution in [2.24, 2.45) is 7.05 Å². The molecular formula is C18H16B4N6O. The molecule has 29 heavy (non-hydrogen) atoms. The molecule has 3 aromatic rings. The number of likely N-dealkylation sites (tertiary alicyclic amines) is 1. The van der Waals surface area contributed by atoms with E-state index >= 15 is 0 Å². The summed E-state index contributed by atoms with van der Waals surface area (Å²) in [6.45, 7) is -0.157. The van der Waals surface area contributed by atoms with E-state index in [0.717, 1.165) is 16.5 Å². The van der Waals surface area contributed by atoms with Crippen LogP contribution < -0.4 is 5.32 Å². The molecule has 8 radical (unpaired) electrons. The predicted octanol–water partition coefficient (Wildman–Crippen LogP) is 0.0462. The fourth-order valence-corrected chi connectivity index (χ4v) is 3.53. The van der Waals surface area contributed by atoms with E-state index in [9.17, 15) is 4.79 Å². The Bertz CT molecular complexity index is 1070. The first-order valence-electron chi connectivity index (χ1n) is 9.14. The molecule has 2 aromatic heterocycles. The Morgan fingerprint density at radius 2 is 1.83 bits per heavy atom. The molecule has 11 heteroatoms. The van der Waals surface area contributed by atoms with Gasteiger partial charge in [-0.2, -0.15) is 5.10 Å².